The third-order valence-electron chi connectivity index (χ3n) is 7.21. The van der Waals surface area contributed by atoms with E-state index in [1.54, 1.807) is 7.11 Å². The summed E-state index contributed by atoms with van der Waals surface area (Å²) in [5, 5.41) is 4.90. The Kier molecular flexibility index (Phi) is 7.49. The van der Waals surface area contributed by atoms with E-state index in [-0.39, 0.29) is 0 Å². The van der Waals surface area contributed by atoms with Gasteiger partial charge in [0, 0.05) is 55.6 Å². The van der Waals surface area contributed by atoms with E-state index in [2.05, 4.69) is 27.2 Å². The average molecular weight is 455 g/mol. The lowest BCUT2D eigenvalue weighted by atomic mass is 10.1. The number of methoxy groups -OCH3 is 1. The number of fused-ring (bicyclic) bond motifs is 2. The summed E-state index contributed by atoms with van der Waals surface area (Å²) in [5.74, 6) is 1.59. The van der Waals surface area contributed by atoms with Crippen molar-refractivity contribution in [2.24, 2.45) is 0 Å². The van der Waals surface area contributed by atoms with Crippen molar-refractivity contribution in [2.45, 2.75) is 38.5 Å². The molecule has 0 saturated carbocycles. The molecular formula is C26H38N4O3. The number of hydrogen-bond donors (Lipinski definition) is 1. The van der Waals surface area contributed by atoms with Crippen molar-refractivity contribution in [1.82, 2.24) is 14.8 Å². The normalized spacial score (nSPS) is 19.2. The van der Waals surface area contributed by atoms with Gasteiger partial charge in [-0.2, -0.15) is 0 Å². The van der Waals surface area contributed by atoms with Crippen LogP contribution in [0.5, 0.6) is 11.5 Å². The first-order valence-corrected chi connectivity index (χ1v) is 12.7. The number of hydrogen-bond acceptors (Lipinski definition) is 7. The Bertz CT molecular complexity index is 939. The summed E-state index contributed by atoms with van der Waals surface area (Å²) in [6, 6.07) is 4.20. The quantitative estimate of drug-likeness (QED) is 0.553. The Balaban J connectivity index is 1.31. The van der Waals surface area contributed by atoms with Crippen LogP contribution in [0.4, 0.5) is 5.69 Å². The number of rotatable bonds is 10. The largest absolute Gasteiger partial charge is 0.493 e. The highest BCUT2D eigenvalue weighted by atomic mass is 16.5. The van der Waals surface area contributed by atoms with Crippen LogP contribution in [0.1, 0.15) is 36.9 Å². The topological polar surface area (TPSA) is 59.1 Å². The fourth-order valence-corrected chi connectivity index (χ4v) is 5.38. The molecule has 3 heterocycles. The summed E-state index contributed by atoms with van der Waals surface area (Å²) in [5.41, 5.74) is 4.85. The maximum Gasteiger partial charge on any atom is 0.163 e. The first-order chi connectivity index (χ1) is 16.3. The van der Waals surface area contributed by atoms with Gasteiger partial charge in [-0.05, 0) is 63.2 Å². The zero-order valence-electron chi connectivity index (χ0n) is 20.0. The van der Waals surface area contributed by atoms with Gasteiger partial charge in [-0.25, -0.2) is 0 Å². The minimum atomic E-state index is 0.702. The number of nitrogens with zero attached hydrogens (tertiary/aromatic N) is 3. The van der Waals surface area contributed by atoms with Gasteiger partial charge in [-0.1, -0.05) is 0 Å². The van der Waals surface area contributed by atoms with Crippen LogP contribution in [0.2, 0.25) is 0 Å². The number of nitrogens with one attached hydrogen (secondary N) is 1. The van der Waals surface area contributed by atoms with Gasteiger partial charge in [0.05, 0.1) is 32.4 Å². The third kappa shape index (κ3) is 5.36. The summed E-state index contributed by atoms with van der Waals surface area (Å²) in [4.78, 5) is 10.0. The molecule has 5 rings (SSSR count). The first kappa shape index (κ1) is 22.7. The summed E-state index contributed by atoms with van der Waals surface area (Å²) in [6.45, 7) is 9.93. The zero-order valence-corrected chi connectivity index (χ0v) is 20.0. The lowest BCUT2D eigenvalue weighted by molar-refractivity contribution is 0.0398. The molecule has 2 aliphatic heterocycles. The maximum atomic E-state index is 6.19. The van der Waals surface area contributed by atoms with Crippen LogP contribution < -0.4 is 14.8 Å². The van der Waals surface area contributed by atoms with Gasteiger partial charge in [-0.15, -0.1) is 0 Å². The van der Waals surface area contributed by atoms with E-state index in [1.807, 2.05) is 0 Å². The molecule has 33 heavy (non-hydrogen) atoms. The molecule has 0 bridgehead atoms. The predicted octanol–water partition coefficient (Wildman–Crippen LogP) is 3.34. The zero-order chi connectivity index (χ0) is 22.5. The van der Waals surface area contributed by atoms with Crippen molar-refractivity contribution in [3.63, 3.8) is 0 Å². The molecule has 1 aliphatic carbocycles. The van der Waals surface area contributed by atoms with E-state index in [0.717, 1.165) is 87.6 Å². The first-order valence-electron chi connectivity index (χ1n) is 12.7. The standard InChI is InChI=1S/C26H38N4O3/c1-31-24-18-21-23(19-25(24)33-15-5-11-29-9-2-3-10-29)28-22-7-4-6-20(22)26(21)27-8-12-30-13-16-32-17-14-30/h18-19H,2-17H2,1H3,(H,27,28). The van der Waals surface area contributed by atoms with E-state index in [9.17, 15) is 0 Å². The number of morpholine rings is 1. The summed E-state index contributed by atoms with van der Waals surface area (Å²) >= 11 is 0. The minimum Gasteiger partial charge on any atom is -0.493 e. The molecule has 0 amide bonds. The van der Waals surface area contributed by atoms with Crippen molar-refractivity contribution < 1.29 is 14.2 Å². The molecule has 180 valence electrons. The molecule has 7 nitrogen and oxygen atoms in total. The molecule has 1 N–H and O–H groups in total. The van der Waals surface area contributed by atoms with Gasteiger partial charge < -0.3 is 24.4 Å². The number of aromatic nitrogens is 1. The lowest BCUT2D eigenvalue weighted by Gasteiger charge is -2.27. The lowest BCUT2D eigenvalue weighted by Crippen LogP contribution is -2.39. The average Bonchev–Trinajstić information content (AvgIpc) is 3.54. The maximum absolute atomic E-state index is 6.19. The number of benzene rings is 1. The summed E-state index contributed by atoms with van der Waals surface area (Å²) in [7, 11) is 1.73. The molecule has 0 spiro atoms. The number of aryl methyl sites for hydroxylation is 1. The van der Waals surface area contributed by atoms with Gasteiger partial charge in [0.1, 0.15) is 0 Å². The molecule has 2 fully saturated rings. The highest BCUT2D eigenvalue weighted by Crippen LogP contribution is 2.39. The van der Waals surface area contributed by atoms with Gasteiger partial charge in [0.15, 0.2) is 11.5 Å². The second-order valence-corrected chi connectivity index (χ2v) is 9.42. The number of pyridine rings is 1. The predicted molar refractivity (Wildman–Crippen MR) is 132 cm³/mol. The molecule has 7 heteroatoms. The third-order valence-corrected chi connectivity index (χ3v) is 7.21. The Hall–Kier alpha value is -2.09. The van der Waals surface area contributed by atoms with Crippen molar-refractivity contribution in [2.75, 3.05) is 78.1 Å². The van der Waals surface area contributed by atoms with E-state index in [4.69, 9.17) is 19.2 Å². The van der Waals surface area contributed by atoms with Crippen LogP contribution in [0, 0.1) is 0 Å². The highest BCUT2D eigenvalue weighted by molar-refractivity contribution is 5.96. The van der Waals surface area contributed by atoms with Gasteiger partial charge in [0.25, 0.3) is 0 Å². The molecule has 3 aliphatic rings. The van der Waals surface area contributed by atoms with E-state index in [0.29, 0.717) is 6.61 Å². The molecule has 0 unspecified atom stereocenters. The van der Waals surface area contributed by atoms with Crippen molar-refractivity contribution in [3.05, 3.63) is 23.4 Å². The van der Waals surface area contributed by atoms with Crippen LogP contribution in [0.25, 0.3) is 10.9 Å². The van der Waals surface area contributed by atoms with Crippen LogP contribution in [0.3, 0.4) is 0 Å². The fourth-order valence-electron chi connectivity index (χ4n) is 5.38. The second-order valence-electron chi connectivity index (χ2n) is 9.42. The van der Waals surface area contributed by atoms with Crippen molar-refractivity contribution in [1.29, 1.82) is 0 Å². The fraction of sp³-hybridized carbons (Fsp3) is 0.654. The van der Waals surface area contributed by atoms with Crippen LogP contribution in [-0.2, 0) is 17.6 Å². The molecule has 1 aromatic carbocycles. The summed E-state index contributed by atoms with van der Waals surface area (Å²) in [6.07, 6.45) is 7.02. The van der Waals surface area contributed by atoms with Crippen LogP contribution in [0.15, 0.2) is 12.1 Å². The minimum absolute atomic E-state index is 0.702. The van der Waals surface area contributed by atoms with Crippen LogP contribution >= 0.6 is 0 Å². The molecule has 0 atom stereocenters. The van der Waals surface area contributed by atoms with Crippen LogP contribution in [-0.4, -0.2) is 87.5 Å². The summed E-state index contributed by atoms with van der Waals surface area (Å²) < 4.78 is 17.4. The van der Waals surface area contributed by atoms with Gasteiger partial charge in [-0.3, -0.25) is 9.88 Å². The monoisotopic (exact) mass is 454 g/mol. The smallest absolute Gasteiger partial charge is 0.163 e. The Labute approximate surface area is 197 Å². The van der Waals surface area contributed by atoms with Crippen molar-refractivity contribution >= 4 is 16.6 Å². The number of ether oxygens (including phenoxy) is 3. The Morgan fingerprint density at radius 2 is 1.79 bits per heavy atom. The highest BCUT2D eigenvalue weighted by Gasteiger charge is 2.22. The Morgan fingerprint density at radius 3 is 2.61 bits per heavy atom. The van der Waals surface area contributed by atoms with Crippen molar-refractivity contribution in [3.8, 4) is 11.5 Å². The molecule has 1 aromatic heterocycles. The van der Waals surface area contributed by atoms with Gasteiger partial charge in [0.2, 0.25) is 0 Å². The molecule has 0 radical (unpaired) electrons. The van der Waals surface area contributed by atoms with E-state index in [1.165, 1.54) is 49.3 Å². The molecule has 2 saturated heterocycles. The number of anilines is 1. The SMILES string of the molecule is COc1cc2c(NCCN3CCOCC3)c3c(nc2cc1OCCCN1CCCC1)CCC3. The van der Waals surface area contributed by atoms with E-state index >= 15 is 0 Å². The molecular weight excluding hydrogens is 416 g/mol. The Morgan fingerprint density at radius 1 is 0.970 bits per heavy atom. The molecule has 2 aromatic rings. The number of likely N-dealkylation sites (tertiary alicyclic amines) is 1. The van der Waals surface area contributed by atoms with Gasteiger partial charge >= 0.3 is 0 Å². The second kappa shape index (κ2) is 10.9. The van der Waals surface area contributed by atoms with E-state index < -0.39 is 0 Å².